The van der Waals surface area contributed by atoms with Gasteiger partial charge < -0.3 is 10.1 Å². The summed E-state index contributed by atoms with van der Waals surface area (Å²) in [4.78, 5) is 12.8. The van der Waals surface area contributed by atoms with Crippen LogP contribution in [-0.2, 0) is 13.2 Å². The zero-order valence-electron chi connectivity index (χ0n) is 17.3. The first-order valence-corrected chi connectivity index (χ1v) is 9.43. The van der Waals surface area contributed by atoms with Crippen LogP contribution in [0.4, 0.5) is 24.9 Å². The van der Waals surface area contributed by atoms with E-state index < -0.39 is 11.7 Å². The third kappa shape index (κ3) is 4.69. The summed E-state index contributed by atoms with van der Waals surface area (Å²) in [6.45, 7) is 7.17. The Kier molecular flexibility index (Phi) is 5.95. The lowest BCUT2D eigenvalue weighted by Gasteiger charge is -2.16. The zero-order chi connectivity index (χ0) is 22.1. The standard InChI is InChI=1S/C20H23F3N6O/c1-11(2)13-10-25-16(9-14(13)20(21,22)23)26-19-27-18(29(5)28-19)17-15(30-12(3)4)7-6-8-24-17/h6-12H,1-5H3,(H,25,26,28). The highest BCUT2D eigenvalue weighted by Gasteiger charge is 2.34. The molecule has 0 radical (unpaired) electrons. The molecule has 0 atom stereocenters. The van der Waals surface area contributed by atoms with Gasteiger partial charge in [0.05, 0.1) is 11.7 Å². The molecule has 0 aliphatic carbocycles. The van der Waals surface area contributed by atoms with Crippen molar-refractivity contribution in [3.8, 4) is 17.3 Å². The second-order valence-electron chi connectivity index (χ2n) is 7.33. The first-order chi connectivity index (χ1) is 14.1. The maximum atomic E-state index is 13.5. The molecule has 7 nitrogen and oxygen atoms in total. The van der Waals surface area contributed by atoms with Crippen molar-refractivity contribution in [2.24, 2.45) is 7.05 Å². The Morgan fingerprint density at radius 2 is 1.87 bits per heavy atom. The highest BCUT2D eigenvalue weighted by molar-refractivity contribution is 5.61. The molecule has 0 spiro atoms. The van der Waals surface area contributed by atoms with Crippen molar-refractivity contribution in [3.05, 3.63) is 41.7 Å². The summed E-state index contributed by atoms with van der Waals surface area (Å²) in [5, 5.41) is 6.98. The highest BCUT2D eigenvalue weighted by Crippen LogP contribution is 2.36. The minimum Gasteiger partial charge on any atom is -0.489 e. The molecule has 160 valence electrons. The predicted octanol–water partition coefficient (Wildman–Crippen LogP) is 4.95. The van der Waals surface area contributed by atoms with Crippen molar-refractivity contribution in [2.45, 2.75) is 45.9 Å². The quantitative estimate of drug-likeness (QED) is 0.608. The maximum Gasteiger partial charge on any atom is 0.416 e. The molecule has 0 aromatic carbocycles. The fraction of sp³-hybridized carbons (Fsp3) is 0.400. The SMILES string of the molecule is CC(C)Oc1cccnc1-c1nc(Nc2cc(C(F)(F)F)c(C(C)C)cn2)nn1C. The number of nitrogens with zero attached hydrogens (tertiary/aromatic N) is 5. The number of hydrogen-bond donors (Lipinski definition) is 1. The topological polar surface area (TPSA) is 77.8 Å². The van der Waals surface area contributed by atoms with E-state index in [0.717, 1.165) is 6.07 Å². The van der Waals surface area contributed by atoms with Crippen LogP contribution in [0.1, 0.15) is 44.7 Å². The van der Waals surface area contributed by atoms with Gasteiger partial charge in [0.25, 0.3) is 0 Å². The van der Waals surface area contributed by atoms with E-state index in [1.54, 1.807) is 39.2 Å². The van der Waals surface area contributed by atoms with Crippen LogP contribution in [0.2, 0.25) is 0 Å². The minimum atomic E-state index is -4.49. The summed E-state index contributed by atoms with van der Waals surface area (Å²) >= 11 is 0. The molecule has 3 aromatic rings. The molecule has 3 heterocycles. The van der Waals surface area contributed by atoms with Gasteiger partial charge in [0, 0.05) is 19.4 Å². The van der Waals surface area contributed by atoms with Crippen LogP contribution in [-0.4, -0.2) is 30.8 Å². The smallest absolute Gasteiger partial charge is 0.416 e. The Balaban J connectivity index is 1.94. The van der Waals surface area contributed by atoms with E-state index in [4.69, 9.17) is 4.74 Å². The Morgan fingerprint density at radius 1 is 1.13 bits per heavy atom. The number of aryl methyl sites for hydroxylation is 1. The molecule has 0 saturated heterocycles. The van der Waals surface area contributed by atoms with Crippen LogP contribution in [0.25, 0.3) is 11.5 Å². The summed E-state index contributed by atoms with van der Waals surface area (Å²) in [6, 6.07) is 4.49. The van der Waals surface area contributed by atoms with Crippen LogP contribution < -0.4 is 10.1 Å². The second-order valence-corrected chi connectivity index (χ2v) is 7.33. The third-order valence-electron chi connectivity index (χ3n) is 4.21. The second kappa shape index (κ2) is 8.29. The van der Waals surface area contributed by atoms with E-state index in [1.165, 1.54) is 10.9 Å². The van der Waals surface area contributed by atoms with Crippen molar-refractivity contribution in [2.75, 3.05) is 5.32 Å². The number of anilines is 2. The summed E-state index contributed by atoms with van der Waals surface area (Å²) in [5.74, 6) is 0.735. The summed E-state index contributed by atoms with van der Waals surface area (Å²) in [6.07, 6.45) is -1.72. The molecule has 0 amide bonds. The number of nitrogens with one attached hydrogen (secondary N) is 1. The van der Waals surface area contributed by atoms with Gasteiger partial charge in [-0.2, -0.15) is 18.2 Å². The molecular weight excluding hydrogens is 397 g/mol. The van der Waals surface area contributed by atoms with Crippen LogP contribution in [0.5, 0.6) is 5.75 Å². The van der Waals surface area contributed by atoms with Crippen molar-refractivity contribution >= 4 is 11.8 Å². The van der Waals surface area contributed by atoms with E-state index in [9.17, 15) is 13.2 Å². The molecule has 30 heavy (non-hydrogen) atoms. The average molecular weight is 420 g/mol. The Labute approximate surface area is 172 Å². The Morgan fingerprint density at radius 3 is 2.50 bits per heavy atom. The third-order valence-corrected chi connectivity index (χ3v) is 4.21. The summed E-state index contributed by atoms with van der Waals surface area (Å²) in [5.41, 5.74) is -0.122. The Bertz CT molecular complexity index is 1030. The van der Waals surface area contributed by atoms with Gasteiger partial charge in [-0.3, -0.25) is 0 Å². The zero-order valence-corrected chi connectivity index (χ0v) is 17.3. The molecule has 3 rings (SSSR count). The molecule has 0 aliphatic heterocycles. The van der Waals surface area contributed by atoms with Gasteiger partial charge >= 0.3 is 6.18 Å². The number of aromatic nitrogens is 5. The van der Waals surface area contributed by atoms with Gasteiger partial charge in [0.1, 0.15) is 17.3 Å². The van der Waals surface area contributed by atoms with Gasteiger partial charge in [0.2, 0.25) is 5.95 Å². The number of alkyl halides is 3. The lowest BCUT2D eigenvalue weighted by atomic mass is 9.99. The van der Waals surface area contributed by atoms with Gasteiger partial charge in [-0.25, -0.2) is 14.6 Å². The van der Waals surface area contributed by atoms with Crippen molar-refractivity contribution in [3.63, 3.8) is 0 Å². The average Bonchev–Trinajstić information content (AvgIpc) is 3.00. The molecule has 10 heteroatoms. The van der Waals surface area contributed by atoms with Gasteiger partial charge in [0.15, 0.2) is 5.82 Å². The first kappa shape index (κ1) is 21.5. The largest absolute Gasteiger partial charge is 0.489 e. The molecule has 0 unspecified atom stereocenters. The predicted molar refractivity (Wildman–Crippen MR) is 107 cm³/mol. The van der Waals surface area contributed by atoms with Crippen LogP contribution >= 0.6 is 0 Å². The van der Waals surface area contributed by atoms with E-state index in [0.29, 0.717) is 17.3 Å². The molecule has 3 aromatic heterocycles. The Hall–Kier alpha value is -3.17. The van der Waals surface area contributed by atoms with Crippen molar-refractivity contribution < 1.29 is 17.9 Å². The normalized spacial score (nSPS) is 11.9. The number of halogens is 3. The monoisotopic (exact) mass is 420 g/mol. The van der Waals surface area contributed by atoms with E-state index in [-0.39, 0.29) is 29.4 Å². The van der Waals surface area contributed by atoms with E-state index in [2.05, 4.69) is 25.4 Å². The maximum absolute atomic E-state index is 13.5. The number of hydrogen-bond acceptors (Lipinski definition) is 6. The number of ether oxygens (including phenoxy) is 1. The number of pyridine rings is 2. The van der Waals surface area contributed by atoms with Crippen molar-refractivity contribution in [1.82, 2.24) is 24.7 Å². The van der Waals surface area contributed by atoms with E-state index >= 15 is 0 Å². The fourth-order valence-electron chi connectivity index (χ4n) is 2.91. The van der Waals surface area contributed by atoms with Gasteiger partial charge in [-0.15, -0.1) is 5.10 Å². The molecule has 0 fully saturated rings. The lowest BCUT2D eigenvalue weighted by Crippen LogP contribution is -2.12. The van der Waals surface area contributed by atoms with Crippen LogP contribution in [0.15, 0.2) is 30.6 Å². The van der Waals surface area contributed by atoms with E-state index in [1.807, 2.05) is 13.8 Å². The van der Waals surface area contributed by atoms with Crippen LogP contribution in [0.3, 0.4) is 0 Å². The van der Waals surface area contributed by atoms with Crippen molar-refractivity contribution in [1.29, 1.82) is 0 Å². The first-order valence-electron chi connectivity index (χ1n) is 9.43. The molecule has 0 bridgehead atoms. The molecule has 0 saturated carbocycles. The lowest BCUT2D eigenvalue weighted by molar-refractivity contribution is -0.138. The molecular formula is C20H23F3N6O. The fourth-order valence-corrected chi connectivity index (χ4v) is 2.91. The molecule has 1 N–H and O–H groups in total. The molecule has 0 aliphatic rings. The van der Waals surface area contributed by atoms with Gasteiger partial charge in [-0.05, 0) is 43.5 Å². The minimum absolute atomic E-state index is 0.00329. The van der Waals surface area contributed by atoms with Crippen LogP contribution in [0, 0.1) is 0 Å². The number of rotatable bonds is 6. The highest BCUT2D eigenvalue weighted by atomic mass is 19.4. The van der Waals surface area contributed by atoms with Gasteiger partial charge in [-0.1, -0.05) is 13.8 Å². The summed E-state index contributed by atoms with van der Waals surface area (Å²) < 4.78 is 47.6. The summed E-state index contributed by atoms with van der Waals surface area (Å²) in [7, 11) is 1.66.